The van der Waals surface area contributed by atoms with Crippen LogP contribution in [0.5, 0.6) is 17.2 Å². The topological polar surface area (TPSA) is 175 Å². The van der Waals surface area contributed by atoms with E-state index in [1.54, 1.807) is 0 Å². The molecule has 2 unspecified atom stereocenters. The quantitative estimate of drug-likeness (QED) is 0.402. The number of hydrogen-bond donors (Lipinski definition) is 5. The number of carboxylic acid groups (broad SMARTS) is 2. The molecule has 2 atom stereocenters. The van der Waals surface area contributed by atoms with Crippen molar-refractivity contribution in [1.29, 1.82) is 0 Å². The molecule has 150 valence electrons. The summed E-state index contributed by atoms with van der Waals surface area (Å²) >= 11 is 0. The number of carbonyl (C=O) groups is 2. The summed E-state index contributed by atoms with van der Waals surface area (Å²) in [5.41, 5.74) is -0.229. The molecule has 0 spiro atoms. The zero-order valence-electron chi connectivity index (χ0n) is 14.5. The highest BCUT2D eigenvalue weighted by Crippen LogP contribution is 2.35. The normalized spacial score (nSPS) is 13.0. The summed E-state index contributed by atoms with van der Waals surface area (Å²) in [6, 6.07) is 8.01. The first-order valence-corrected chi connectivity index (χ1v) is 8.08. The van der Waals surface area contributed by atoms with E-state index < -0.39 is 41.1 Å². The number of carboxylic acids is 2. The summed E-state index contributed by atoms with van der Waals surface area (Å²) in [6.45, 7) is 0. The molecule has 2 aromatic carbocycles. The SMILES string of the molecule is O=C(O)C(O)C(Oc1ccc2c(=O)c(-c3ccc(O)cc3)coc2c1O)C(=O)O. The average Bonchev–Trinajstić information content (AvgIpc) is 2.68. The Morgan fingerprint density at radius 2 is 1.62 bits per heavy atom. The molecule has 1 heterocycles. The molecule has 0 saturated carbocycles. The van der Waals surface area contributed by atoms with Crippen LogP contribution >= 0.6 is 0 Å². The Morgan fingerprint density at radius 1 is 0.966 bits per heavy atom. The largest absolute Gasteiger partial charge is 0.508 e. The second kappa shape index (κ2) is 7.52. The van der Waals surface area contributed by atoms with Crippen LogP contribution in [0.25, 0.3) is 22.1 Å². The fourth-order valence-corrected chi connectivity index (χ4v) is 2.62. The molecule has 10 heteroatoms. The van der Waals surface area contributed by atoms with Crippen LogP contribution < -0.4 is 10.2 Å². The average molecular weight is 402 g/mol. The predicted octanol–water partition coefficient (Wildman–Crippen LogP) is 1.15. The number of aliphatic hydroxyl groups is 1. The van der Waals surface area contributed by atoms with Gasteiger partial charge in [0, 0.05) is 0 Å². The molecule has 0 saturated heterocycles. The van der Waals surface area contributed by atoms with Crippen molar-refractivity contribution in [2.75, 3.05) is 0 Å². The minimum Gasteiger partial charge on any atom is -0.508 e. The lowest BCUT2D eigenvalue weighted by Gasteiger charge is -2.18. The number of fused-ring (bicyclic) bond motifs is 1. The van der Waals surface area contributed by atoms with Crippen molar-refractivity contribution in [3.05, 3.63) is 52.9 Å². The molecule has 5 N–H and O–H groups in total. The number of phenols is 2. The van der Waals surface area contributed by atoms with Gasteiger partial charge in [-0.15, -0.1) is 0 Å². The molecule has 10 nitrogen and oxygen atoms in total. The molecule has 29 heavy (non-hydrogen) atoms. The second-order valence-electron chi connectivity index (χ2n) is 5.97. The summed E-state index contributed by atoms with van der Waals surface area (Å²) in [5, 5.41) is 46.9. The Bertz CT molecular complexity index is 1150. The highest BCUT2D eigenvalue weighted by molar-refractivity contribution is 5.88. The van der Waals surface area contributed by atoms with E-state index in [4.69, 9.17) is 19.4 Å². The van der Waals surface area contributed by atoms with Gasteiger partial charge in [-0.3, -0.25) is 4.79 Å². The molecule has 3 rings (SSSR count). The van der Waals surface area contributed by atoms with Gasteiger partial charge >= 0.3 is 11.9 Å². The van der Waals surface area contributed by atoms with Crippen molar-refractivity contribution >= 4 is 22.9 Å². The number of hydrogen-bond acceptors (Lipinski definition) is 8. The van der Waals surface area contributed by atoms with Gasteiger partial charge in [0.05, 0.1) is 10.9 Å². The first-order valence-electron chi connectivity index (χ1n) is 8.08. The van der Waals surface area contributed by atoms with Gasteiger partial charge in [0.15, 0.2) is 17.4 Å². The molecule has 0 aliphatic rings. The van der Waals surface area contributed by atoms with E-state index >= 15 is 0 Å². The number of phenolic OH excluding ortho intramolecular Hbond substituents is 2. The summed E-state index contributed by atoms with van der Waals surface area (Å²) in [6.07, 6.45) is -3.54. The van der Waals surface area contributed by atoms with Gasteiger partial charge in [0.2, 0.25) is 17.3 Å². The van der Waals surface area contributed by atoms with Crippen LogP contribution in [-0.2, 0) is 9.59 Å². The number of aliphatic hydroxyl groups excluding tert-OH is 1. The van der Waals surface area contributed by atoms with Crippen molar-refractivity contribution in [2.45, 2.75) is 12.2 Å². The lowest BCUT2D eigenvalue weighted by Crippen LogP contribution is -2.43. The van der Waals surface area contributed by atoms with E-state index in [9.17, 15) is 29.7 Å². The van der Waals surface area contributed by atoms with E-state index in [2.05, 4.69) is 0 Å². The first kappa shape index (κ1) is 19.7. The molecule has 1 aromatic heterocycles. The van der Waals surface area contributed by atoms with Crippen molar-refractivity contribution in [3.8, 4) is 28.4 Å². The van der Waals surface area contributed by atoms with E-state index in [0.717, 1.165) is 12.3 Å². The standard InChI is InChI=1S/C19H14O10/c20-9-3-1-8(2-4-9)11-7-28-16-10(13(11)21)5-6-12(14(16)22)29-17(19(26)27)15(23)18(24)25/h1-7,15,17,20,22-23H,(H,24,25)(H,26,27). The van der Waals surface area contributed by atoms with Crippen LogP contribution in [0.1, 0.15) is 0 Å². The molecule has 0 fully saturated rings. The van der Waals surface area contributed by atoms with Crippen molar-refractivity contribution < 1.29 is 44.3 Å². The Labute approximate surface area is 161 Å². The molecular weight excluding hydrogens is 388 g/mol. The fraction of sp³-hybridized carbons (Fsp3) is 0.105. The third-order valence-corrected chi connectivity index (χ3v) is 4.09. The van der Waals surface area contributed by atoms with Crippen LogP contribution in [0, 0.1) is 0 Å². The summed E-state index contributed by atoms with van der Waals surface area (Å²) in [7, 11) is 0. The van der Waals surface area contributed by atoms with Crippen LogP contribution in [0.3, 0.4) is 0 Å². The van der Waals surface area contributed by atoms with Gasteiger partial charge in [0.1, 0.15) is 12.0 Å². The summed E-state index contributed by atoms with van der Waals surface area (Å²) in [4.78, 5) is 34.7. The minimum absolute atomic E-state index is 0.00916. The fourth-order valence-electron chi connectivity index (χ4n) is 2.62. The van der Waals surface area contributed by atoms with Crippen molar-refractivity contribution in [3.63, 3.8) is 0 Å². The van der Waals surface area contributed by atoms with Crippen LogP contribution in [0.4, 0.5) is 0 Å². The van der Waals surface area contributed by atoms with E-state index in [1.807, 2.05) is 0 Å². The van der Waals surface area contributed by atoms with E-state index in [0.29, 0.717) is 5.56 Å². The Kier molecular flexibility index (Phi) is 5.11. The maximum Gasteiger partial charge on any atom is 0.348 e. The Balaban J connectivity index is 2.05. The number of ether oxygens (including phenoxy) is 1. The molecular formula is C19H14O10. The number of aliphatic carboxylic acids is 2. The predicted molar refractivity (Wildman–Crippen MR) is 96.9 cm³/mol. The first-order chi connectivity index (χ1) is 13.7. The number of benzene rings is 2. The van der Waals surface area contributed by atoms with Crippen LogP contribution in [-0.4, -0.2) is 49.7 Å². The smallest absolute Gasteiger partial charge is 0.348 e. The Morgan fingerprint density at radius 3 is 2.21 bits per heavy atom. The van der Waals surface area contributed by atoms with Gasteiger partial charge in [-0.2, -0.15) is 0 Å². The minimum atomic E-state index is -2.40. The molecule has 0 aliphatic carbocycles. The molecule has 3 aromatic rings. The molecule has 0 radical (unpaired) electrons. The van der Waals surface area contributed by atoms with Gasteiger partial charge in [-0.25, -0.2) is 9.59 Å². The zero-order valence-corrected chi connectivity index (χ0v) is 14.5. The third-order valence-electron chi connectivity index (χ3n) is 4.09. The van der Waals surface area contributed by atoms with Crippen LogP contribution in [0.15, 0.2) is 51.9 Å². The maximum absolute atomic E-state index is 12.7. The summed E-state index contributed by atoms with van der Waals surface area (Å²) < 4.78 is 10.2. The summed E-state index contributed by atoms with van der Waals surface area (Å²) in [5.74, 6) is -4.83. The van der Waals surface area contributed by atoms with Gasteiger partial charge < -0.3 is 34.7 Å². The van der Waals surface area contributed by atoms with Crippen molar-refractivity contribution in [1.82, 2.24) is 0 Å². The van der Waals surface area contributed by atoms with Gasteiger partial charge in [-0.05, 0) is 29.8 Å². The van der Waals surface area contributed by atoms with Crippen molar-refractivity contribution in [2.24, 2.45) is 0 Å². The van der Waals surface area contributed by atoms with E-state index in [-0.39, 0.29) is 22.3 Å². The third kappa shape index (κ3) is 3.69. The highest BCUT2D eigenvalue weighted by Gasteiger charge is 2.35. The van der Waals surface area contributed by atoms with Gasteiger partial charge in [-0.1, -0.05) is 12.1 Å². The molecule has 0 amide bonds. The lowest BCUT2D eigenvalue weighted by atomic mass is 10.1. The van der Waals surface area contributed by atoms with Crippen LogP contribution in [0.2, 0.25) is 0 Å². The number of aromatic hydroxyl groups is 2. The highest BCUT2D eigenvalue weighted by atomic mass is 16.5. The number of rotatable bonds is 6. The molecule has 0 bridgehead atoms. The van der Waals surface area contributed by atoms with Gasteiger partial charge in [0.25, 0.3) is 0 Å². The monoisotopic (exact) mass is 402 g/mol. The lowest BCUT2D eigenvalue weighted by molar-refractivity contribution is -0.163. The Hall–Kier alpha value is -4.05. The van der Waals surface area contributed by atoms with E-state index in [1.165, 1.54) is 30.3 Å². The maximum atomic E-state index is 12.7. The molecule has 0 aliphatic heterocycles. The zero-order chi connectivity index (χ0) is 21.3. The second-order valence-corrected chi connectivity index (χ2v) is 5.97.